The summed E-state index contributed by atoms with van der Waals surface area (Å²) in [6, 6.07) is 8.64. The van der Waals surface area contributed by atoms with Crippen molar-refractivity contribution in [2.45, 2.75) is 12.8 Å². The van der Waals surface area contributed by atoms with Gasteiger partial charge in [-0.05, 0) is 5.56 Å². The minimum Gasteiger partial charge on any atom is -0.481 e. The quantitative estimate of drug-likeness (QED) is 0.762. The van der Waals surface area contributed by atoms with Crippen LogP contribution in [0.15, 0.2) is 30.3 Å². The number of carbonyl (C=O) groups is 2. The molecule has 25 heavy (non-hydrogen) atoms. The maximum absolute atomic E-state index is 12.9. The zero-order valence-corrected chi connectivity index (χ0v) is 13.3. The Morgan fingerprint density at radius 1 is 1.24 bits per heavy atom. The van der Waals surface area contributed by atoms with Gasteiger partial charge in [0.25, 0.3) is 0 Å². The first-order chi connectivity index (χ1) is 11.8. The number of halogens is 3. The first-order valence-corrected chi connectivity index (χ1v) is 7.73. The van der Waals surface area contributed by atoms with E-state index in [-0.39, 0.29) is 13.2 Å². The Morgan fingerprint density at radius 2 is 1.92 bits per heavy atom. The van der Waals surface area contributed by atoms with Crippen LogP contribution in [0, 0.1) is 11.8 Å². The van der Waals surface area contributed by atoms with Gasteiger partial charge in [0.15, 0.2) is 0 Å². The summed E-state index contributed by atoms with van der Waals surface area (Å²) in [5.74, 6) is -5.24. The van der Waals surface area contributed by atoms with Crippen LogP contribution < -0.4 is 5.32 Å². The molecule has 1 aliphatic rings. The summed E-state index contributed by atoms with van der Waals surface area (Å²) in [6.07, 6.45) is -4.66. The van der Waals surface area contributed by atoms with Gasteiger partial charge in [0.05, 0.1) is 25.0 Å². The van der Waals surface area contributed by atoms with Gasteiger partial charge < -0.3 is 20.1 Å². The molecule has 2 amide bonds. The lowest BCUT2D eigenvalue weighted by Crippen LogP contribution is -2.40. The van der Waals surface area contributed by atoms with Gasteiger partial charge in [-0.25, -0.2) is 4.79 Å². The maximum atomic E-state index is 12.9. The van der Waals surface area contributed by atoms with Crippen LogP contribution in [0.1, 0.15) is 5.56 Å². The molecule has 0 unspecified atom stereocenters. The van der Waals surface area contributed by atoms with E-state index in [0.29, 0.717) is 6.61 Å². The van der Waals surface area contributed by atoms with Crippen LogP contribution in [-0.4, -0.2) is 54.4 Å². The van der Waals surface area contributed by atoms with E-state index in [1.165, 1.54) is 0 Å². The number of nitrogens with zero attached hydrogens (tertiary/aromatic N) is 1. The molecule has 2 N–H and O–H groups in total. The SMILES string of the molecule is O=C(O)[C@@H]1CN(C(=O)NCCOCc2ccccc2)C[C@H]1C(F)(F)F. The average Bonchev–Trinajstić information content (AvgIpc) is 3.01. The van der Waals surface area contributed by atoms with Gasteiger partial charge in [0, 0.05) is 19.6 Å². The van der Waals surface area contributed by atoms with Crippen molar-refractivity contribution in [2.75, 3.05) is 26.2 Å². The monoisotopic (exact) mass is 360 g/mol. The standard InChI is InChI=1S/C16H19F3N2O4/c17-16(18,19)13-9-21(8-12(13)14(22)23)15(24)20-6-7-25-10-11-4-2-1-3-5-11/h1-5,12-13H,6-10H2,(H,20,24)(H,22,23)/t12-,13-/m1/s1. The van der Waals surface area contributed by atoms with E-state index in [4.69, 9.17) is 9.84 Å². The Hall–Kier alpha value is -2.29. The Labute approximate surface area is 142 Å². The van der Waals surface area contributed by atoms with Gasteiger partial charge in [-0.3, -0.25) is 4.79 Å². The van der Waals surface area contributed by atoms with Gasteiger partial charge in [0.2, 0.25) is 0 Å². The Bertz CT molecular complexity index is 595. The smallest absolute Gasteiger partial charge is 0.394 e. The molecule has 0 radical (unpaired) electrons. The summed E-state index contributed by atoms with van der Waals surface area (Å²) in [7, 11) is 0. The molecule has 0 aromatic heterocycles. The van der Waals surface area contributed by atoms with Crippen molar-refractivity contribution in [1.29, 1.82) is 0 Å². The Morgan fingerprint density at radius 3 is 2.48 bits per heavy atom. The highest BCUT2D eigenvalue weighted by Gasteiger charge is 2.53. The zero-order valence-electron chi connectivity index (χ0n) is 13.3. The third kappa shape index (κ3) is 5.35. The predicted molar refractivity (Wildman–Crippen MR) is 81.7 cm³/mol. The van der Waals surface area contributed by atoms with Crippen LogP contribution in [0.3, 0.4) is 0 Å². The molecule has 138 valence electrons. The van der Waals surface area contributed by atoms with Crippen LogP contribution in [0.2, 0.25) is 0 Å². The fraction of sp³-hybridized carbons (Fsp3) is 0.500. The number of benzene rings is 1. The van der Waals surface area contributed by atoms with Crippen LogP contribution in [0.25, 0.3) is 0 Å². The van der Waals surface area contributed by atoms with Crippen molar-refractivity contribution in [3.8, 4) is 0 Å². The first kappa shape index (κ1) is 19.0. The predicted octanol–water partition coefficient (Wildman–Crippen LogP) is 2.11. The molecule has 6 nitrogen and oxygen atoms in total. The highest BCUT2D eigenvalue weighted by molar-refractivity contribution is 5.77. The van der Waals surface area contributed by atoms with Gasteiger partial charge in [0.1, 0.15) is 0 Å². The molecule has 0 aliphatic carbocycles. The van der Waals surface area contributed by atoms with E-state index in [1.807, 2.05) is 30.3 Å². The second-order valence-corrected chi connectivity index (χ2v) is 5.77. The molecule has 0 spiro atoms. The number of amides is 2. The van der Waals surface area contributed by atoms with Crippen LogP contribution in [0.5, 0.6) is 0 Å². The zero-order chi connectivity index (χ0) is 18.4. The molecule has 1 aromatic carbocycles. The number of carboxylic acids is 1. The molecular formula is C16H19F3N2O4. The van der Waals surface area contributed by atoms with Gasteiger partial charge in [-0.2, -0.15) is 13.2 Å². The van der Waals surface area contributed by atoms with E-state index in [1.54, 1.807) is 0 Å². The molecule has 0 saturated carbocycles. The van der Waals surface area contributed by atoms with Crippen molar-refractivity contribution in [3.63, 3.8) is 0 Å². The van der Waals surface area contributed by atoms with Crippen molar-refractivity contribution < 1.29 is 32.6 Å². The van der Waals surface area contributed by atoms with Crippen molar-refractivity contribution in [3.05, 3.63) is 35.9 Å². The third-order valence-electron chi connectivity index (χ3n) is 3.98. The van der Waals surface area contributed by atoms with Gasteiger partial charge in [-0.1, -0.05) is 30.3 Å². The minimum absolute atomic E-state index is 0.122. The van der Waals surface area contributed by atoms with Crippen LogP contribution in [0.4, 0.5) is 18.0 Å². The largest absolute Gasteiger partial charge is 0.481 e. The summed E-state index contributed by atoms with van der Waals surface area (Å²) in [6.45, 7) is -0.443. The number of nitrogens with one attached hydrogen (secondary N) is 1. The van der Waals surface area contributed by atoms with E-state index in [2.05, 4.69) is 5.32 Å². The first-order valence-electron chi connectivity index (χ1n) is 7.73. The van der Waals surface area contributed by atoms with Crippen LogP contribution >= 0.6 is 0 Å². The van der Waals surface area contributed by atoms with E-state index in [0.717, 1.165) is 10.5 Å². The molecular weight excluding hydrogens is 341 g/mol. The van der Waals surface area contributed by atoms with Gasteiger partial charge >= 0.3 is 18.2 Å². The third-order valence-corrected chi connectivity index (χ3v) is 3.98. The summed E-state index contributed by atoms with van der Waals surface area (Å²) in [5, 5.41) is 11.4. The molecule has 1 aromatic rings. The second kappa shape index (κ2) is 8.19. The molecule has 1 aliphatic heterocycles. The number of hydrogen-bond acceptors (Lipinski definition) is 3. The highest BCUT2D eigenvalue weighted by atomic mass is 19.4. The van der Waals surface area contributed by atoms with E-state index >= 15 is 0 Å². The van der Waals surface area contributed by atoms with Crippen LogP contribution in [-0.2, 0) is 16.1 Å². The highest BCUT2D eigenvalue weighted by Crippen LogP contribution is 2.37. The molecule has 1 saturated heterocycles. The number of rotatable bonds is 6. The Balaban J connectivity index is 1.74. The van der Waals surface area contributed by atoms with E-state index in [9.17, 15) is 22.8 Å². The number of carbonyl (C=O) groups excluding carboxylic acids is 1. The number of alkyl halides is 3. The topological polar surface area (TPSA) is 78.9 Å². The normalized spacial score (nSPS) is 20.5. The molecule has 1 heterocycles. The summed E-state index contributed by atoms with van der Waals surface area (Å²) in [4.78, 5) is 23.8. The second-order valence-electron chi connectivity index (χ2n) is 5.77. The molecule has 2 rings (SSSR count). The van der Waals surface area contributed by atoms with Crippen molar-refractivity contribution in [1.82, 2.24) is 10.2 Å². The van der Waals surface area contributed by atoms with E-state index < -0.39 is 43.1 Å². The van der Waals surface area contributed by atoms with Gasteiger partial charge in [-0.15, -0.1) is 0 Å². The fourth-order valence-corrected chi connectivity index (χ4v) is 2.66. The number of likely N-dealkylation sites (tertiary alicyclic amines) is 1. The molecule has 0 bridgehead atoms. The lowest BCUT2D eigenvalue weighted by Gasteiger charge is -2.18. The summed E-state index contributed by atoms with van der Waals surface area (Å²) < 4.78 is 44.0. The summed E-state index contributed by atoms with van der Waals surface area (Å²) >= 11 is 0. The molecule has 9 heteroatoms. The molecule has 1 fully saturated rings. The number of carboxylic acid groups (broad SMARTS) is 1. The molecule has 2 atom stereocenters. The fourth-order valence-electron chi connectivity index (χ4n) is 2.66. The number of ether oxygens (including phenoxy) is 1. The average molecular weight is 360 g/mol. The maximum Gasteiger partial charge on any atom is 0.394 e. The number of hydrogen-bond donors (Lipinski definition) is 2. The van der Waals surface area contributed by atoms with Crippen molar-refractivity contribution in [2.24, 2.45) is 11.8 Å². The number of aliphatic carboxylic acids is 1. The lowest BCUT2D eigenvalue weighted by atomic mass is 9.96. The minimum atomic E-state index is -4.66. The summed E-state index contributed by atoms with van der Waals surface area (Å²) in [5.41, 5.74) is 0.964. The van der Waals surface area contributed by atoms with Crippen molar-refractivity contribution >= 4 is 12.0 Å². The lowest BCUT2D eigenvalue weighted by molar-refractivity contribution is -0.187. The Kier molecular flexibility index (Phi) is 6.24. The number of urea groups is 1.